The first kappa shape index (κ1) is 107. The van der Waals surface area contributed by atoms with Gasteiger partial charge in [0, 0.05) is 44.5 Å². The van der Waals surface area contributed by atoms with Gasteiger partial charge in [-0.15, -0.1) is 71.4 Å². The lowest BCUT2D eigenvalue weighted by Gasteiger charge is -2.15. The monoisotopic (exact) mass is 2400 g/mol. The highest BCUT2D eigenvalue weighted by Gasteiger charge is 2.37. The minimum Gasteiger partial charge on any atom is -0.497 e. The van der Waals surface area contributed by atoms with Crippen LogP contribution in [0.4, 0.5) is 11.4 Å². The third-order valence-corrected chi connectivity index (χ3v) is 20.0. The van der Waals surface area contributed by atoms with Crippen LogP contribution >= 0.6 is 296 Å². The minimum atomic E-state index is -1.90. The fourth-order valence-corrected chi connectivity index (χ4v) is 11.5. The summed E-state index contributed by atoms with van der Waals surface area (Å²) in [6, 6.07) is 64.1. The van der Waals surface area contributed by atoms with E-state index in [0.29, 0.717) is 69.1 Å². The van der Waals surface area contributed by atoms with Crippen LogP contribution in [0.5, 0.6) is 5.75 Å². The van der Waals surface area contributed by atoms with Crippen LogP contribution in [-0.4, -0.2) is 93.4 Å². The van der Waals surface area contributed by atoms with Gasteiger partial charge in [0.25, 0.3) is 44.6 Å². The number of aryl methyl sites for hydroxylation is 2. The lowest BCUT2D eigenvalue weighted by atomic mass is 10.1. The predicted octanol–water partition coefficient (Wildman–Crippen LogP) is 31.0. The number of halogens is 24. The van der Waals surface area contributed by atoms with Crippen molar-refractivity contribution < 1.29 is 35.7 Å². The van der Waals surface area contributed by atoms with Crippen LogP contribution in [0.25, 0.3) is 101 Å². The summed E-state index contributed by atoms with van der Waals surface area (Å²) in [6.45, 7) is 17.8. The summed E-state index contributed by atoms with van der Waals surface area (Å²) in [5.74, 6) is 4.24. The molecule has 130 heavy (non-hydrogen) atoms. The van der Waals surface area contributed by atoms with Crippen molar-refractivity contribution in [2.45, 2.75) is 48.9 Å². The second kappa shape index (κ2) is 49.1. The minimum absolute atomic E-state index is 0.0333. The summed E-state index contributed by atoms with van der Waals surface area (Å²) in [6.07, 6.45) is 0. The molecule has 0 saturated heterocycles. The van der Waals surface area contributed by atoms with Gasteiger partial charge in [0.2, 0.25) is 62.7 Å². The topological polar surface area (TPSA) is 329 Å². The summed E-state index contributed by atoms with van der Waals surface area (Å²) >= 11 is 126. The Balaban J connectivity index is 0.000000168. The maximum atomic E-state index is 6.93. The molecule has 0 spiro atoms. The Morgan fingerprint density at radius 1 is 0.323 bits per heavy atom. The normalized spacial score (nSPS) is 11.4. The van der Waals surface area contributed by atoms with E-state index in [1.54, 1.807) is 79.9 Å². The zero-order chi connectivity index (χ0) is 94.9. The van der Waals surface area contributed by atoms with E-state index in [2.05, 4.69) is 160 Å². The Labute approximate surface area is 871 Å². The molecule has 0 aliphatic heterocycles. The average Bonchev–Trinajstić information content (AvgIpc) is 1.26. The molecule has 0 amide bonds. The predicted molar refractivity (Wildman–Crippen MR) is 523 cm³/mol. The SMILES string of the molecule is BrCc1nnc(-c2ccccc2)o1.COc1ccc(-c2nnc(C(Cl)(Cl)Cl)o2)cc1.Cc1ccc(-c2nnc(C(Br)(Br)Br)o2)cc1.Cc1cccc(-c2nnc(C(Cl)(Cl)Cl)o2)c1.ClC(Cl)(Cl)c1nnc(-c2ccccc2)o1.ClC(Cl)c1nnc(-c2ccccc2)o1.[C-]#[N+]c1ccc(-c2nc(C(Cl)(Cl)Cl)nc(C(Cl)(Cl)Cl)n2)cc1.[C-]#[N+]c1ccc(-c2nnc(C(Cl)(Cl)Cl)o2)cc1. The third-order valence-electron chi connectivity index (χ3n) is 15.1. The molecule has 16 rings (SSSR count). The van der Waals surface area contributed by atoms with Crippen LogP contribution in [-0.2, 0) is 30.2 Å². The highest BCUT2D eigenvalue weighted by Crippen LogP contribution is 2.46. The van der Waals surface area contributed by atoms with Crippen molar-refractivity contribution in [3.63, 3.8) is 0 Å². The molecule has 0 bridgehead atoms. The molecule has 8 aromatic heterocycles. The lowest BCUT2D eigenvalue weighted by Crippen LogP contribution is -2.16. The average molecular weight is 2420 g/mol. The summed E-state index contributed by atoms with van der Waals surface area (Å²) in [7, 11) is 1.59. The number of rotatable bonds is 11. The number of aromatic nitrogens is 17. The molecule has 0 saturated carbocycles. The Bertz CT molecular complexity index is 6310. The van der Waals surface area contributed by atoms with Crippen LogP contribution in [0.2, 0.25) is 0 Å². The summed E-state index contributed by atoms with van der Waals surface area (Å²) in [5.41, 5.74) is 9.48. The van der Waals surface area contributed by atoms with Gasteiger partial charge in [-0.05, 0) is 147 Å². The Kier molecular flexibility index (Phi) is 40.4. The molecule has 0 unspecified atom stereocenters. The van der Waals surface area contributed by atoms with Gasteiger partial charge in [-0.2, -0.15) is 0 Å². The van der Waals surface area contributed by atoms with E-state index in [9.17, 15) is 0 Å². The van der Waals surface area contributed by atoms with Crippen molar-refractivity contribution in [2.24, 2.45) is 0 Å². The fourth-order valence-electron chi connectivity index (χ4n) is 9.21. The first-order valence-electron chi connectivity index (χ1n) is 35.1. The van der Waals surface area contributed by atoms with Gasteiger partial charge >= 0.3 is 0 Å². The van der Waals surface area contributed by atoms with Crippen LogP contribution in [0.15, 0.2) is 243 Å². The molecule has 0 aliphatic carbocycles. The largest absolute Gasteiger partial charge is 0.497 e. The standard InChI is InChI=1S/C12H4Cl6N4.C10H7Br3N2O.C10H4Cl3N3O.C10H7Cl3N2O2.C10H7Cl3N2O.C9H7BrN2O.C9H5Cl3N2O.C9H6Cl2N2O/c1-19-7-4-2-6(3-5-7)8-20-9(11(13,14)15)22-10(21-8)12(16,17)18;1-6-2-4-7(5-3-6)8-14-15-9(16-8)10(11,12)13;1-14-7-4-2-6(3-5-7)8-15-16-9(17-8)10(11,12)13;1-16-7-4-2-6(3-5-7)8-14-15-9(17-8)10(11,12)13;1-6-3-2-4-7(5-6)8-14-15-9(16-8)10(11,12)13;10-6-8-11-12-9(13-8)7-4-2-1-3-5-7;10-9(11,12)8-14-13-7(15-8)6-4-2-1-3-5-6;10-7(11)9-13-12-8(14-9)6-4-2-1-3-5-6/h2-5H;2-5H,1H3;2-5H;2-5H,1H3;2-5H,1H3;1-5H,6H2;1-5H;1-5,7H. The molecule has 51 heteroatoms. The molecule has 0 N–H and O–H groups in total. The highest BCUT2D eigenvalue weighted by atomic mass is 80.0. The molecule has 16 aromatic rings. The second-order valence-electron chi connectivity index (χ2n) is 24.6. The van der Waals surface area contributed by atoms with Crippen LogP contribution in [0.3, 0.4) is 0 Å². The van der Waals surface area contributed by atoms with E-state index in [1.165, 1.54) is 5.56 Å². The van der Waals surface area contributed by atoms with Gasteiger partial charge in [0.1, 0.15) is 5.75 Å². The van der Waals surface area contributed by atoms with Gasteiger partial charge in [0.05, 0.1) is 25.6 Å². The highest BCUT2D eigenvalue weighted by molar-refractivity contribution is 9.38. The third kappa shape index (κ3) is 33.7. The lowest BCUT2D eigenvalue weighted by molar-refractivity contribution is 0.415. The smallest absolute Gasteiger partial charge is 0.268 e. The van der Waals surface area contributed by atoms with Gasteiger partial charge in [-0.3, -0.25) is 0 Å². The molecule has 0 fully saturated rings. The van der Waals surface area contributed by atoms with Gasteiger partial charge in [-0.25, -0.2) is 24.6 Å². The Hall–Kier alpha value is -6.75. The van der Waals surface area contributed by atoms with Gasteiger partial charge < -0.3 is 35.7 Å². The molecule has 27 nitrogen and oxygen atoms in total. The second-order valence-corrected chi connectivity index (χ2v) is 46.7. The maximum Gasteiger partial charge on any atom is 0.268 e. The first-order chi connectivity index (χ1) is 61.3. The number of hydrogen-bond acceptors (Lipinski definition) is 25. The number of alkyl halides is 24. The molecule has 0 radical (unpaired) electrons. The molecular weight excluding hydrogens is 2370 g/mol. The van der Waals surface area contributed by atoms with Crippen molar-refractivity contribution in [2.75, 3.05) is 7.11 Å². The first-order valence-corrected chi connectivity index (χ1v) is 46.3. The number of nitrogens with zero attached hydrogens (tertiary/aromatic N) is 19. The molecular formula is C79H47Br4Cl20N19O8. The Morgan fingerprint density at radius 3 is 0.938 bits per heavy atom. The van der Waals surface area contributed by atoms with Crippen molar-refractivity contribution >= 4 is 307 Å². The van der Waals surface area contributed by atoms with E-state index in [0.717, 1.165) is 44.7 Å². The van der Waals surface area contributed by atoms with E-state index in [4.69, 9.17) is 281 Å². The van der Waals surface area contributed by atoms with E-state index < -0.39 is 29.7 Å². The molecule has 674 valence electrons. The van der Waals surface area contributed by atoms with Crippen molar-refractivity contribution in [3.05, 3.63) is 299 Å². The van der Waals surface area contributed by atoms with E-state index in [1.807, 2.05) is 153 Å². The van der Waals surface area contributed by atoms with E-state index >= 15 is 0 Å². The summed E-state index contributed by atoms with van der Waals surface area (Å²) in [4.78, 5) is 17.8. The maximum absolute atomic E-state index is 6.93. The van der Waals surface area contributed by atoms with Crippen LogP contribution in [0, 0.1) is 27.0 Å². The quantitative estimate of drug-likeness (QED) is 0.0857. The molecule has 0 atom stereocenters. The van der Waals surface area contributed by atoms with Gasteiger partial charge in [0.15, 0.2) is 33.7 Å². The number of methoxy groups -OCH3 is 1. The number of hydrogen-bond donors (Lipinski definition) is 0. The number of ether oxygens (including phenoxy) is 1. The zero-order valence-electron chi connectivity index (χ0n) is 64.8. The van der Waals surface area contributed by atoms with Crippen molar-refractivity contribution in [1.29, 1.82) is 0 Å². The molecule has 8 heterocycles. The fraction of sp³-hybridized carbons (Fsp3) is 0.152. The van der Waals surface area contributed by atoms with Crippen LogP contribution < -0.4 is 4.74 Å². The molecule has 8 aromatic carbocycles. The zero-order valence-corrected chi connectivity index (χ0v) is 86.3. The molecule has 0 aliphatic rings. The number of benzene rings is 8. The van der Waals surface area contributed by atoms with Crippen molar-refractivity contribution in [3.8, 4) is 97.3 Å². The van der Waals surface area contributed by atoms with E-state index in [-0.39, 0.29) is 58.7 Å². The van der Waals surface area contributed by atoms with Crippen LogP contribution in [0.1, 0.15) is 68.8 Å². The summed E-state index contributed by atoms with van der Waals surface area (Å²) < 4.78 is 30.8. The van der Waals surface area contributed by atoms with Crippen molar-refractivity contribution in [1.82, 2.24) is 86.3 Å². The van der Waals surface area contributed by atoms with Gasteiger partial charge in [-0.1, -0.05) is 386 Å². The Morgan fingerprint density at radius 2 is 0.631 bits per heavy atom. The summed E-state index contributed by atoms with van der Waals surface area (Å²) in [5, 5.41) is 53.6.